The van der Waals surface area contributed by atoms with Gasteiger partial charge in [-0.1, -0.05) is 71.6 Å². The zero-order valence-electron chi connectivity index (χ0n) is 33.6. The molecular weight excluding hydrogens is 721 g/mol. The van der Waals surface area contributed by atoms with Crippen molar-refractivity contribution in [1.29, 1.82) is 0 Å². The van der Waals surface area contributed by atoms with E-state index in [-0.39, 0.29) is 30.7 Å². The van der Waals surface area contributed by atoms with E-state index in [0.717, 1.165) is 48.6 Å². The summed E-state index contributed by atoms with van der Waals surface area (Å²) in [6, 6.07) is 3.21. The van der Waals surface area contributed by atoms with Gasteiger partial charge in [0.1, 0.15) is 42.5 Å². The third-order valence-electron chi connectivity index (χ3n) is 14.3. The molecule has 10 nitrogen and oxygen atoms in total. The Morgan fingerprint density at radius 1 is 0.964 bits per heavy atom. The molecule has 302 valence electrons. The van der Waals surface area contributed by atoms with Crippen LogP contribution in [0.15, 0.2) is 55.2 Å². The molecule has 9 atom stereocenters. The third kappa shape index (κ3) is 8.17. The number of halogens is 2. The van der Waals surface area contributed by atoms with Crippen LogP contribution in [0.5, 0.6) is 0 Å². The van der Waals surface area contributed by atoms with Crippen molar-refractivity contribution in [3.8, 4) is 0 Å². The Hall–Kier alpha value is -2.79. The van der Waals surface area contributed by atoms with Gasteiger partial charge in [-0.25, -0.2) is 32.7 Å². The van der Waals surface area contributed by atoms with Gasteiger partial charge in [0, 0.05) is 11.6 Å². The highest BCUT2D eigenvalue weighted by Crippen LogP contribution is 2.68. The zero-order chi connectivity index (χ0) is 39.0. The quantitative estimate of drug-likeness (QED) is 0.104. The van der Waals surface area contributed by atoms with E-state index in [1.807, 2.05) is 0 Å². The van der Waals surface area contributed by atoms with E-state index >= 15 is 4.39 Å². The maximum Gasteiger partial charge on any atom is 0.476 e. The summed E-state index contributed by atoms with van der Waals surface area (Å²) in [6.45, 7) is 13.7. The molecule has 0 bridgehead atoms. The predicted octanol–water partition coefficient (Wildman–Crippen LogP) is 10.3. The average Bonchev–Trinajstić information content (AvgIpc) is 3.90. The lowest BCUT2D eigenvalue weighted by molar-refractivity contribution is -0.0638. The molecule has 0 saturated heterocycles. The molecule has 55 heavy (non-hydrogen) atoms. The van der Waals surface area contributed by atoms with Crippen LogP contribution in [0.4, 0.5) is 8.78 Å². The number of nitrogens with zero attached hydrogens (tertiary/aromatic N) is 6. The zero-order valence-corrected chi connectivity index (χ0v) is 34.5. The minimum absolute atomic E-state index is 0.0281. The van der Waals surface area contributed by atoms with Gasteiger partial charge >= 0.3 is 7.82 Å². The Balaban J connectivity index is 1.12. The van der Waals surface area contributed by atoms with Crippen LogP contribution >= 0.6 is 7.82 Å². The number of phosphoric ester groups is 1. The van der Waals surface area contributed by atoms with Crippen molar-refractivity contribution in [3.63, 3.8) is 0 Å². The predicted molar refractivity (Wildman–Crippen MR) is 206 cm³/mol. The van der Waals surface area contributed by atoms with Crippen LogP contribution in [-0.4, -0.2) is 42.2 Å². The summed E-state index contributed by atoms with van der Waals surface area (Å²) < 4.78 is 66.9. The number of benzene rings is 1. The number of rotatable bonds is 16. The fourth-order valence-electron chi connectivity index (χ4n) is 11.7. The van der Waals surface area contributed by atoms with Gasteiger partial charge in [-0.15, -0.1) is 0 Å². The van der Waals surface area contributed by atoms with Gasteiger partial charge in [0.15, 0.2) is 0 Å². The molecule has 13 heteroatoms. The molecule has 3 fully saturated rings. The highest BCUT2D eigenvalue weighted by atomic mass is 31.2. The van der Waals surface area contributed by atoms with E-state index in [1.165, 1.54) is 91.3 Å². The molecule has 0 N–H and O–H groups in total. The molecule has 0 spiro atoms. The van der Waals surface area contributed by atoms with E-state index in [4.69, 9.17) is 13.6 Å². The highest BCUT2D eigenvalue weighted by Gasteiger charge is 2.59. The molecule has 1 aromatic carbocycles. The Labute approximate surface area is 325 Å². The average molecular weight is 783 g/mol. The number of hydrogen-bond donors (Lipinski definition) is 0. The highest BCUT2D eigenvalue weighted by molar-refractivity contribution is 7.48. The van der Waals surface area contributed by atoms with Crippen LogP contribution in [0, 0.1) is 58.0 Å². The number of aromatic nitrogens is 6. The SMILES string of the molecule is CCOP(=O)(O[C@H]1CC[C@@]2(C)C(=CC[C@H]3[C@@H]4CC[C@H]([C@H](C)CCCC(C)C)[C@@]4(C)CC[C@@H]32)C1)OC(Cn1cncn1)(Cn1cncn1)c1ccc(F)cc1F. The van der Waals surface area contributed by atoms with Gasteiger partial charge in [-0.3, -0.25) is 13.6 Å². The topological polar surface area (TPSA) is 106 Å². The van der Waals surface area contributed by atoms with Crippen LogP contribution in [0.3, 0.4) is 0 Å². The van der Waals surface area contributed by atoms with Crippen LogP contribution in [0.25, 0.3) is 0 Å². The maximum absolute atomic E-state index is 15.8. The second-order valence-corrected chi connectivity index (χ2v) is 19.6. The lowest BCUT2D eigenvalue weighted by atomic mass is 9.47. The van der Waals surface area contributed by atoms with E-state index in [1.54, 1.807) is 6.92 Å². The second kappa shape index (κ2) is 16.2. The molecule has 2 heterocycles. The van der Waals surface area contributed by atoms with Gasteiger partial charge in [-0.05, 0) is 111 Å². The van der Waals surface area contributed by atoms with Gasteiger partial charge in [0.05, 0.1) is 25.8 Å². The summed E-state index contributed by atoms with van der Waals surface area (Å²) in [5, 5.41) is 8.48. The molecular formula is C42H61F2N6O4P. The van der Waals surface area contributed by atoms with Gasteiger partial charge in [-0.2, -0.15) is 10.2 Å². The molecule has 4 aliphatic carbocycles. The van der Waals surface area contributed by atoms with Crippen LogP contribution in [0.2, 0.25) is 0 Å². The van der Waals surface area contributed by atoms with Gasteiger partial charge in [0.25, 0.3) is 0 Å². The van der Waals surface area contributed by atoms with Crippen LogP contribution in [0.1, 0.15) is 118 Å². The van der Waals surface area contributed by atoms with E-state index in [2.05, 4.69) is 60.9 Å². The molecule has 2 aromatic heterocycles. The fraction of sp³-hybridized carbons (Fsp3) is 0.714. The van der Waals surface area contributed by atoms with Crippen molar-refractivity contribution >= 4 is 7.82 Å². The minimum atomic E-state index is -4.41. The molecule has 1 unspecified atom stereocenters. The normalized spacial score (nSPS) is 31.0. The Bertz CT molecular complexity index is 1790. The second-order valence-electron chi connectivity index (χ2n) is 18.0. The first-order chi connectivity index (χ1) is 26.3. The molecule has 3 aromatic rings. The van der Waals surface area contributed by atoms with Crippen LogP contribution in [-0.2, 0) is 36.8 Å². The van der Waals surface area contributed by atoms with Crippen molar-refractivity contribution < 1.29 is 26.9 Å². The van der Waals surface area contributed by atoms with Crippen molar-refractivity contribution in [2.45, 2.75) is 137 Å². The van der Waals surface area contributed by atoms with E-state index < -0.39 is 31.2 Å². The lowest BCUT2D eigenvalue weighted by Gasteiger charge is -2.58. The molecule has 0 amide bonds. The number of allylic oxidation sites excluding steroid dienone is 1. The van der Waals surface area contributed by atoms with E-state index in [0.29, 0.717) is 30.1 Å². The minimum Gasteiger partial charge on any atom is -0.287 e. The lowest BCUT2D eigenvalue weighted by Crippen LogP contribution is -2.51. The molecule has 7 rings (SSSR count). The monoisotopic (exact) mass is 782 g/mol. The third-order valence-corrected chi connectivity index (χ3v) is 16.0. The van der Waals surface area contributed by atoms with Crippen molar-refractivity contribution in [3.05, 3.63) is 72.4 Å². The molecule has 0 radical (unpaired) electrons. The Morgan fingerprint density at radius 2 is 1.69 bits per heavy atom. The summed E-state index contributed by atoms with van der Waals surface area (Å²) in [5.74, 6) is 2.79. The van der Waals surface area contributed by atoms with Crippen molar-refractivity contribution in [1.82, 2.24) is 29.5 Å². The first-order valence-electron chi connectivity index (χ1n) is 20.7. The first-order valence-corrected chi connectivity index (χ1v) is 22.2. The number of phosphoric acid groups is 1. The van der Waals surface area contributed by atoms with Crippen LogP contribution < -0.4 is 0 Å². The Morgan fingerprint density at radius 3 is 2.33 bits per heavy atom. The Kier molecular flexibility index (Phi) is 11.9. The van der Waals surface area contributed by atoms with Gasteiger partial charge < -0.3 is 0 Å². The fourth-order valence-corrected chi connectivity index (χ4v) is 13.4. The largest absolute Gasteiger partial charge is 0.476 e. The summed E-state index contributed by atoms with van der Waals surface area (Å²) in [7, 11) is -4.41. The summed E-state index contributed by atoms with van der Waals surface area (Å²) >= 11 is 0. The molecule has 0 aliphatic heterocycles. The van der Waals surface area contributed by atoms with Crippen molar-refractivity contribution in [2.75, 3.05) is 6.61 Å². The first kappa shape index (κ1) is 40.4. The number of fused-ring (bicyclic) bond motifs is 5. The standard InChI is InChI=1S/C42H61F2N6O4P/c1-7-52-55(51,54-42(23-49-27-45-25-47-49,24-50-28-46-26-48-50)38-14-12-32(43)22-39(38)44)53-33-17-19-40(5)31(21-33)11-13-34-36-16-15-35(30(4)10-8-9-29(2)3)41(36,6)20-18-37(34)40/h11-12,14,22,25-30,33-37H,7-10,13,15-21,23-24H2,1-6H3/t30-,33+,34+,35-,36+,37+,40+,41-,55?/m1/s1. The summed E-state index contributed by atoms with van der Waals surface area (Å²) in [6.07, 6.45) is 20.2. The molecule has 3 saturated carbocycles. The van der Waals surface area contributed by atoms with E-state index in [9.17, 15) is 8.96 Å². The smallest absolute Gasteiger partial charge is 0.287 e. The van der Waals surface area contributed by atoms with Gasteiger partial charge in [0.2, 0.25) is 0 Å². The summed E-state index contributed by atoms with van der Waals surface area (Å²) in [5.41, 5.74) is 0.0301. The maximum atomic E-state index is 15.8. The molecule has 4 aliphatic rings. The summed E-state index contributed by atoms with van der Waals surface area (Å²) in [4.78, 5) is 8.10. The number of hydrogen-bond acceptors (Lipinski definition) is 8. The van der Waals surface area contributed by atoms with Crippen molar-refractivity contribution in [2.24, 2.45) is 46.3 Å².